The fourth-order valence-electron chi connectivity index (χ4n) is 2.70. The third-order valence-corrected chi connectivity index (χ3v) is 3.80. The summed E-state index contributed by atoms with van der Waals surface area (Å²) in [6, 6.07) is 6.64. The number of aromatic amines is 1. The Balaban J connectivity index is 0.00000288. The van der Waals surface area contributed by atoms with Crippen molar-refractivity contribution in [3.05, 3.63) is 35.5 Å². The molecule has 1 unspecified atom stereocenters. The Kier molecular flexibility index (Phi) is 9.13. The second kappa shape index (κ2) is 10.6. The van der Waals surface area contributed by atoms with Crippen molar-refractivity contribution >= 4 is 40.8 Å². The molecule has 2 aromatic rings. The SMILES string of the molecule is CCNC(=NCCc1c[nH]c2c(C)cccc12)NC(C)COC.I. The van der Waals surface area contributed by atoms with Gasteiger partial charge in [0.15, 0.2) is 5.96 Å². The average Bonchev–Trinajstić information content (AvgIpc) is 2.92. The average molecular weight is 444 g/mol. The molecule has 0 aliphatic heterocycles. The molecule has 3 N–H and O–H groups in total. The Morgan fingerprint density at radius 2 is 2.17 bits per heavy atom. The smallest absolute Gasteiger partial charge is 0.191 e. The summed E-state index contributed by atoms with van der Waals surface area (Å²) in [5.41, 5.74) is 3.82. The highest BCUT2D eigenvalue weighted by Crippen LogP contribution is 2.21. The molecule has 0 aliphatic rings. The zero-order chi connectivity index (χ0) is 16.7. The lowest BCUT2D eigenvalue weighted by molar-refractivity contribution is 0.179. The van der Waals surface area contributed by atoms with Crippen LogP contribution in [0.25, 0.3) is 10.9 Å². The van der Waals surface area contributed by atoms with Crippen molar-refractivity contribution in [2.45, 2.75) is 33.2 Å². The number of rotatable bonds is 7. The van der Waals surface area contributed by atoms with E-state index in [0.717, 1.165) is 25.5 Å². The summed E-state index contributed by atoms with van der Waals surface area (Å²) in [6.07, 6.45) is 3.01. The van der Waals surface area contributed by atoms with E-state index in [1.165, 1.54) is 22.0 Å². The fourth-order valence-corrected chi connectivity index (χ4v) is 2.70. The second-order valence-electron chi connectivity index (χ2n) is 5.82. The van der Waals surface area contributed by atoms with E-state index in [9.17, 15) is 0 Å². The van der Waals surface area contributed by atoms with Gasteiger partial charge in [0, 0.05) is 43.3 Å². The summed E-state index contributed by atoms with van der Waals surface area (Å²) >= 11 is 0. The molecule has 24 heavy (non-hydrogen) atoms. The van der Waals surface area contributed by atoms with Gasteiger partial charge in [-0.05, 0) is 38.3 Å². The Bertz CT molecular complexity index is 654. The summed E-state index contributed by atoms with van der Waals surface area (Å²) in [7, 11) is 1.71. The van der Waals surface area contributed by atoms with Crippen LogP contribution in [-0.2, 0) is 11.2 Å². The number of hydrogen-bond acceptors (Lipinski definition) is 2. The molecule has 0 bridgehead atoms. The van der Waals surface area contributed by atoms with Crippen LogP contribution in [0.3, 0.4) is 0 Å². The number of hydrogen-bond donors (Lipinski definition) is 3. The van der Waals surface area contributed by atoms with Gasteiger partial charge in [0.25, 0.3) is 0 Å². The van der Waals surface area contributed by atoms with Gasteiger partial charge in [0.2, 0.25) is 0 Å². The molecule has 0 radical (unpaired) electrons. The van der Waals surface area contributed by atoms with Crippen LogP contribution in [0.1, 0.15) is 25.0 Å². The number of benzene rings is 1. The molecule has 1 heterocycles. The quantitative estimate of drug-likeness (QED) is 0.349. The molecule has 0 saturated heterocycles. The molecule has 0 fully saturated rings. The Morgan fingerprint density at radius 3 is 2.88 bits per heavy atom. The highest BCUT2D eigenvalue weighted by Gasteiger charge is 2.06. The van der Waals surface area contributed by atoms with Crippen LogP contribution in [0.5, 0.6) is 0 Å². The first-order chi connectivity index (χ1) is 11.2. The molecule has 1 atom stereocenters. The molecular formula is C18H29IN4O. The molecular weight excluding hydrogens is 415 g/mol. The van der Waals surface area contributed by atoms with Crippen molar-refractivity contribution in [1.82, 2.24) is 15.6 Å². The number of aliphatic imine (C=N–C) groups is 1. The van der Waals surface area contributed by atoms with E-state index in [-0.39, 0.29) is 30.0 Å². The first kappa shape index (κ1) is 20.8. The molecule has 134 valence electrons. The van der Waals surface area contributed by atoms with Crippen LogP contribution in [0.15, 0.2) is 29.4 Å². The summed E-state index contributed by atoms with van der Waals surface area (Å²) in [5, 5.41) is 7.92. The summed E-state index contributed by atoms with van der Waals surface area (Å²) < 4.78 is 5.16. The highest BCUT2D eigenvalue weighted by atomic mass is 127. The predicted molar refractivity (Wildman–Crippen MR) is 113 cm³/mol. The van der Waals surface area contributed by atoms with Crippen molar-refractivity contribution in [2.24, 2.45) is 4.99 Å². The van der Waals surface area contributed by atoms with Gasteiger partial charge in [0.05, 0.1) is 6.61 Å². The molecule has 1 aromatic carbocycles. The van der Waals surface area contributed by atoms with Gasteiger partial charge >= 0.3 is 0 Å². The molecule has 1 aromatic heterocycles. The van der Waals surface area contributed by atoms with E-state index in [1.54, 1.807) is 7.11 Å². The number of nitrogens with zero attached hydrogens (tertiary/aromatic N) is 1. The summed E-state index contributed by atoms with van der Waals surface area (Å²) in [6.45, 7) is 8.53. The van der Waals surface area contributed by atoms with Crippen molar-refractivity contribution in [1.29, 1.82) is 0 Å². The van der Waals surface area contributed by atoms with Crippen LogP contribution >= 0.6 is 24.0 Å². The van der Waals surface area contributed by atoms with Crippen molar-refractivity contribution in [2.75, 3.05) is 26.8 Å². The molecule has 0 spiro atoms. The first-order valence-corrected chi connectivity index (χ1v) is 8.25. The van der Waals surface area contributed by atoms with Crippen LogP contribution in [-0.4, -0.2) is 43.8 Å². The van der Waals surface area contributed by atoms with E-state index < -0.39 is 0 Å². The number of ether oxygens (including phenoxy) is 1. The number of fused-ring (bicyclic) bond motifs is 1. The van der Waals surface area contributed by atoms with E-state index in [0.29, 0.717) is 6.61 Å². The lowest BCUT2D eigenvalue weighted by atomic mass is 10.1. The zero-order valence-corrected chi connectivity index (χ0v) is 17.3. The van der Waals surface area contributed by atoms with Crippen LogP contribution in [0, 0.1) is 6.92 Å². The van der Waals surface area contributed by atoms with E-state index in [2.05, 4.69) is 65.8 Å². The zero-order valence-electron chi connectivity index (χ0n) is 15.0. The normalized spacial score (nSPS) is 12.8. The maximum absolute atomic E-state index is 5.16. The van der Waals surface area contributed by atoms with Gasteiger partial charge in [-0.2, -0.15) is 0 Å². The fraction of sp³-hybridized carbons (Fsp3) is 0.500. The molecule has 0 amide bonds. The molecule has 2 rings (SSSR count). The number of nitrogens with one attached hydrogen (secondary N) is 3. The van der Waals surface area contributed by atoms with Gasteiger partial charge in [0.1, 0.15) is 0 Å². The van der Waals surface area contributed by atoms with Crippen LogP contribution in [0.2, 0.25) is 0 Å². The Morgan fingerprint density at radius 1 is 1.38 bits per heavy atom. The lowest BCUT2D eigenvalue weighted by Crippen LogP contribution is -2.44. The van der Waals surface area contributed by atoms with Crippen molar-refractivity contribution in [3.8, 4) is 0 Å². The third-order valence-electron chi connectivity index (χ3n) is 3.80. The molecule has 6 heteroatoms. The highest BCUT2D eigenvalue weighted by molar-refractivity contribution is 14.0. The number of H-pyrrole nitrogens is 1. The van der Waals surface area contributed by atoms with Gasteiger partial charge < -0.3 is 20.4 Å². The summed E-state index contributed by atoms with van der Waals surface area (Å²) in [4.78, 5) is 8.04. The molecule has 0 saturated carbocycles. The number of aromatic nitrogens is 1. The first-order valence-electron chi connectivity index (χ1n) is 8.25. The largest absolute Gasteiger partial charge is 0.383 e. The number of guanidine groups is 1. The van der Waals surface area contributed by atoms with E-state index in [1.807, 2.05) is 0 Å². The maximum atomic E-state index is 5.16. The Hall–Kier alpha value is -1.28. The third kappa shape index (κ3) is 5.66. The minimum absolute atomic E-state index is 0. The van der Waals surface area contributed by atoms with Crippen molar-refractivity contribution in [3.63, 3.8) is 0 Å². The minimum atomic E-state index is 0. The van der Waals surface area contributed by atoms with E-state index in [4.69, 9.17) is 4.74 Å². The van der Waals surface area contributed by atoms with E-state index >= 15 is 0 Å². The minimum Gasteiger partial charge on any atom is -0.383 e. The van der Waals surface area contributed by atoms with Crippen LogP contribution in [0.4, 0.5) is 0 Å². The van der Waals surface area contributed by atoms with Gasteiger partial charge in [-0.1, -0.05) is 18.2 Å². The Labute approximate surface area is 161 Å². The topological polar surface area (TPSA) is 61.4 Å². The predicted octanol–water partition coefficient (Wildman–Crippen LogP) is 3.23. The molecule has 5 nitrogen and oxygen atoms in total. The van der Waals surface area contributed by atoms with Gasteiger partial charge in [-0.25, -0.2) is 0 Å². The number of halogens is 1. The van der Waals surface area contributed by atoms with Crippen LogP contribution < -0.4 is 10.6 Å². The monoisotopic (exact) mass is 444 g/mol. The lowest BCUT2D eigenvalue weighted by Gasteiger charge is -2.16. The number of para-hydroxylation sites is 1. The van der Waals surface area contributed by atoms with Gasteiger partial charge in [-0.3, -0.25) is 4.99 Å². The number of aryl methyl sites for hydroxylation is 1. The summed E-state index contributed by atoms with van der Waals surface area (Å²) in [5.74, 6) is 0.841. The second-order valence-corrected chi connectivity index (χ2v) is 5.82. The molecule has 0 aliphatic carbocycles. The number of methoxy groups -OCH3 is 1. The standard InChI is InChI=1S/C18H28N4O.HI/c1-5-19-18(22-14(3)12-23-4)20-10-9-15-11-21-17-13(2)7-6-8-16(15)17;/h6-8,11,14,21H,5,9-10,12H2,1-4H3,(H2,19,20,22);1H. The van der Waals surface area contributed by atoms with Gasteiger partial charge in [-0.15, -0.1) is 24.0 Å². The van der Waals surface area contributed by atoms with Crippen molar-refractivity contribution < 1.29 is 4.74 Å². The maximum Gasteiger partial charge on any atom is 0.191 e.